The molecule has 0 heterocycles. The Morgan fingerprint density at radius 2 is 0.848 bits per heavy atom. The summed E-state index contributed by atoms with van der Waals surface area (Å²) in [6, 6.07) is 15.7. The molecule has 2 aromatic rings. The van der Waals surface area contributed by atoms with Gasteiger partial charge in [0, 0.05) is 0 Å². The normalized spacial score (nSPS) is 11.7. The maximum atomic E-state index is 9.78. The van der Waals surface area contributed by atoms with Crippen molar-refractivity contribution in [2.45, 2.75) is 110 Å². The van der Waals surface area contributed by atoms with Crippen molar-refractivity contribution in [3.8, 4) is 11.5 Å². The van der Waals surface area contributed by atoms with Crippen molar-refractivity contribution in [1.29, 1.82) is 0 Å². The summed E-state index contributed by atoms with van der Waals surface area (Å²) < 4.78 is 2.76. The maximum absolute atomic E-state index is 9.78. The molecule has 0 unspecified atom stereocenters. The molecule has 0 saturated heterocycles. The van der Waals surface area contributed by atoms with Crippen LogP contribution in [0.2, 0.25) is 8.87 Å². The first kappa shape index (κ1) is 28.8. The third-order valence-corrected chi connectivity index (χ3v) is 33.5. The molecule has 0 aromatic heterocycles. The van der Waals surface area contributed by atoms with E-state index in [1.165, 1.54) is 95.7 Å². The van der Waals surface area contributed by atoms with Gasteiger partial charge in [-0.2, -0.15) is 0 Å². The van der Waals surface area contributed by atoms with E-state index in [4.69, 9.17) is 0 Å². The molecule has 2 aromatic carbocycles. The van der Waals surface area contributed by atoms with Gasteiger partial charge in [-0.15, -0.1) is 0 Å². The summed E-state index contributed by atoms with van der Waals surface area (Å²) in [4.78, 5) is 2.62. The summed E-state index contributed by atoms with van der Waals surface area (Å²) in [7, 11) is 4.36. The average molecular weight is 596 g/mol. The van der Waals surface area contributed by atoms with Crippen LogP contribution in [0.3, 0.4) is 0 Å². The second kappa shape index (κ2) is 17.0. The quantitative estimate of drug-likeness (QED) is 0.133. The van der Waals surface area contributed by atoms with Gasteiger partial charge < -0.3 is 0 Å². The van der Waals surface area contributed by atoms with Gasteiger partial charge in [0.25, 0.3) is 0 Å². The minimum atomic E-state index is -2.72. The van der Waals surface area contributed by atoms with E-state index in [0.29, 0.717) is 11.5 Å². The molecule has 2 nitrogen and oxygen atoms in total. The Balaban J connectivity index is 2.14. The third-order valence-electron chi connectivity index (χ3n) is 6.10. The molecular weight excluding hydrogens is 551 g/mol. The fourth-order valence-electron chi connectivity index (χ4n) is 4.16. The molecule has 33 heavy (non-hydrogen) atoms. The Bertz CT molecular complexity index is 684. The standard InChI is InChI=1S/2C8H17.2C6H6OS.Sn/c2*1-3-5-7-8-6-4-2;2*7-5-1-3-6(8)4-2-5;/h2*1,3-8H2,2H3;2*1-4,7-8H;/q;;;;+2/p-2. The monoisotopic (exact) mass is 596 g/mol. The zero-order valence-electron chi connectivity index (χ0n) is 20.7. The number of benzene rings is 2. The van der Waals surface area contributed by atoms with Gasteiger partial charge in [-0.3, -0.25) is 0 Å². The van der Waals surface area contributed by atoms with E-state index in [1.807, 2.05) is 24.3 Å². The second-order valence-electron chi connectivity index (χ2n) is 9.14. The van der Waals surface area contributed by atoms with Crippen LogP contribution in [-0.2, 0) is 0 Å². The first-order valence-electron chi connectivity index (χ1n) is 13.0. The van der Waals surface area contributed by atoms with Gasteiger partial charge in [0.2, 0.25) is 0 Å². The number of hydrogen-bond donors (Lipinski definition) is 2. The summed E-state index contributed by atoms with van der Waals surface area (Å²) in [5.74, 6) is 0.691. The van der Waals surface area contributed by atoms with Crippen LogP contribution in [0.15, 0.2) is 58.3 Å². The molecular formula is C28H44O2S2Sn. The van der Waals surface area contributed by atoms with Gasteiger partial charge in [0.15, 0.2) is 0 Å². The Morgan fingerprint density at radius 1 is 0.515 bits per heavy atom. The van der Waals surface area contributed by atoms with Crippen molar-refractivity contribution in [3.05, 3.63) is 48.5 Å². The number of phenolic OH excluding ortho intramolecular Hbond substituents is 2. The van der Waals surface area contributed by atoms with Crippen LogP contribution in [0.4, 0.5) is 0 Å². The van der Waals surface area contributed by atoms with Crippen LogP contribution in [-0.4, -0.2) is 25.8 Å². The molecule has 2 N–H and O–H groups in total. The summed E-state index contributed by atoms with van der Waals surface area (Å²) in [5, 5.41) is 19.6. The molecule has 0 aliphatic carbocycles. The van der Waals surface area contributed by atoms with Gasteiger partial charge in [-0.05, 0) is 0 Å². The number of phenols is 2. The van der Waals surface area contributed by atoms with Gasteiger partial charge in [0.1, 0.15) is 0 Å². The zero-order chi connectivity index (χ0) is 23.8. The van der Waals surface area contributed by atoms with E-state index < -0.39 is 15.6 Å². The average Bonchev–Trinajstić information content (AvgIpc) is 2.81. The number of aromatic hydroxyl groups is 2. The summed E-state index contributed by atoms with van der Waals surface area (Å²) in [6.07, 6.45) is 16.2. The van der Waals surface area contributed by atoms with E-state index >= 15 is 0 Å². The van der Waals surface area contributed by atoms with Crippen molar-refractivity contribution in [1.82, 2.24) is 0 Å². The molecule has 0 fully saturated rings. The Morgan fingerprint density at radius 3 is 1.21 bits per heavy atom. The van der Waals surface area contributed by atoms with E-state index in [2.05, 4.69) is 56.0 Å². The summed E-state index contributed by atoms with van der Waals surface area (Å²) >= 11 is -2.72. The van der Waals surface area contributed by atoms with E-state index in [-0.39, 0.29) is 0 Å². The fraction of sp³-hybridized carbons (Fsp3) is 0.571. The van der Waals surface area contributed by atoms with Crippen LogP contribution < -0.4 is 0 Å². The van der Waals surface area contributed by atoms with E-state index in [9.17, 15) is 10.2 Å². The van der Waals surface area contributed by atoms with Gasteiger partial charge in [-0.1, -0.05) is 0 Å². The Hall–Kier alpha value is -0.461. The predicted molar refractivity (Wildman–Crippen MR) is 150 cm³/mol. The predicted octanol–water partition coefficient (Wildman–Crippen LogP) is 10.1. The van der Waals surface area contributed by atoms with E-state index in [1.54, 1.807) is 0 Å². The van der Waals surface area contributed by atoms with Crippen LogP contribution in [0.25, 0.3) is 0 Å². The van der Waals surface area contributed by atoms with Crippen molar-refractivity contribution in [2.24, 2.45) is 0 Å². The molecule has 0 spiro atoms. The second-order valence-corrected chi connectivity index (χ2v) is 34.3. The molecule has 0 atom stereocenters. The number of unbranched alkanes of at least 4 members (excludes halogenated alkanes) is 10. The molecule has 0 radical (unpaired) electrons. The van der Waals surface area contributed by atoms with Crippen LogP contribution in [0.5, 0.6) is 11.5 Å². The number of rotatable bonds is 18. The fourth-order valence-corrected chi connectivity index (χ4v) is 33.3. The van der Waals surface area contributed by atoms with Gasteiger partial charge in [-0.25, -0.2) is 0 Å². The van der Waals surface area contributed by atoms with Crippen molar-refractivity contribution in [3.63, 3.8) is 0 Å². The first-order valence-corrected chi connectivity index (χ1v) is 25.7. The molecule has 0 amide bonds. The summed E-state index contributed by atoms with van der Waals surface area (Å²) in [5.41, 5.74) is 0. The Labute approximate surface area is 212 Å². The third kappa shape index (κ3) is 12.2. The van der Waals surface area contributed by atoms with Crippen LogP contribution in [0.1, 0.15) is 90.9 Å². The molecule has 184 valence electrons. The minimum absolute atomic E-state index is 0.346. The molecule has 2 rings (SSSR count). The van der Waals surface area contributed by atoms with Crippen molar-refractivity contribution in [2.75, 3.05) is 0 Å². The Kier molecular flexibility index (Phi) is 14.9. The molecule has 0 bridgehead atoms. The molecule has 0 aliphatic heterocycles. The SMILES string of the molecule is CCCCCCC[CH2][Sn]([CH2]CCCCCCC)([S]c1ccc(O)cc1)[S]c1ccc(O)cc1. The topological polar surface area (TPSA) is 40.5 Å². The van der Waals surface area contributed by atoms with Gasteiger partial charge in [0.05, 0.1) is 0 Å². The van der Waals surface area contributed by atoms with Crippen molar-refractivity contribution >= 4 is 33.5 Å². The summed E-state index contributed by atoms with van der Waals surface area (Å²) in [6.45, 7) is 4.56. The molecule has 0 saturated carbocycles. The molecule has 0 aliphatic rings. The van der Waals surface area contributed by atoms with Crippen molar-refractivity contribution < 1.29 is 10.2 Å². The van der Waals surface area contributed by atoms with Crippen LogP contribution >= 0.6 is 17.9 Å². The molecule has 5 heteroatoms. The van der Waals surface area contributed by atoms with Crippen LogP contribution in [0, 0.1) is 0 Å². The number of hydrogen-bond acceptors (Lipinski definition) is 4. The van der Waals surface area contributed by atoms with Gasteiger partial charge >= 0.3 is 213 Å². The first-order chi connectivity index (χ1) is 16.1. The van der Waals surface area contributed by atoms with E-state index in [0.717, 1.165) is 0 Å². The zero-order valence-corrected chi connectivity index (χ0v) is 25.2.